The van der Waals surface area contributed by atoms with Gasteiger partial charge in [-0.1, -0.05) is 45.1 Å². The van der Waals surface area contributed by atoms with Crippen LogP contribution in [0.4, 0.5) is 0 Å². The highest BCUT2D eigenvalue weighted by atomic mass is 14.7. The molecule has 2 unspecified atom stereocenters. The summed E-state index contributed by atoms with van der Waals surface area (Å²) < 4.78 is 0. The Kier molecular flexibility index (Phi) is 2.96. The molecule has 2 rings (SSSR count). The van der Waals surface area contributed by atoms with E-state index in [9.17, 15) is 0 Å². The number of hydrogen-bond acceptors (Lipinski definition) is 0. The zero-order chi connectivity index (χ0) is 13.7. The molecule has 0 heterocycles. The maximum Gasteiger partial charge on any atom is 0.00149 e. The van der Waals surface area contributed by atoms with E-state index in [2.05, 4.69) is 53.9 Å². The van der Waals surface area contributed by atoms with E-state index in [0.717, 1.165) is 6.42 Å². The first-order chi connectivity index (χ1) is 8.34. The first-order valence-electron chi connectivity index (χ1n) is 7.03. The molecular weight excluding hydrogens is 216 g/mol. The van der Waals surface area contributed by atoms with E-state index in [1.54, 1.807) is 5.57 Å². The molecular formula is C18H26. The summed E-state index contributed by atoms with van der Waals surface area (Å²) in [5.74, 6) is 0.690. The van der Waals surface area contributed by atoms with Crippen molar-refractivity contribution in [2.24, 2.45) is 16.7 Å². The third kappa shape index (κ3) is 1.38. The molecule has 0 aromatic heterocycles. The summed E-state index contributed by atoms with van der Waals surface area (Å²) in [6.45, 7) is 19.8. The Morgan fingerprint density at radius 3 is 2.50 bits per heavy atom. The predicted octanol–water partition coefficient (Wildman–Crippen LogP) is 5.45. The summed E-state index contributed by atoms with van der Waals surface area (Å²) in [5.41, 5.74) is 6.43. The van der Waals surface area contributed by atoms with E-state index in [1.165, 1.54) is 23.1 Å². The van der Waals surface area contributed by atoms with E-state index < -0.39 is 0 Å². The second kappa shape index (κ2) is 3.98. The lowest BCUT2D eigenvalue weighted by Crippen LogP contribution is -2.12. The zero-order valence-corrected chi connectivity index (χ0v) is 12.6. The SMILES string of the molecule is C=CCC(=C)C1=C[C@@H]2C(C)(CC)C2(C)C(C)=C1C. The molecule has 2 aliphatic carbocycles. The van der Waals surface area contributed by atoms with Crippen molar-refractivity contribution in [3.63, 3.8) is 0 Å². The fourth-order valence-corrected chi connectivity index (χ4v) is 4.07. The normalized spacial score (nSPS) is 38.1. The zero-order valence-electron chi connectivity index (χ0n) is 12.6. The molecule has 0 radical (unpaired) electrons. The predicted molar refractivity (Wildman–Crippen MR) is 80.4 cm³/mol. The van der Waals surface area contributed by atoms with Gasteiger partial charge < -0.3 is 0 Å². The monoisotopic (exact) mass is 242 g/mol. The second-order valence-corrected chi connectivity index (χ2v) is 6.38. The van der Waals surface area contributed by atoms with E-state index >= 15 is 0 Å². The molecule has 1 fully saturated rings. The van der Waals surface area contributed by atoms with Crippen molar-refractivity contribution in [2.45, 2.75) is 47.5 Å². The lowest BCUT2D eigenvalue weighted by molar-refractivity contribution is 0.421. The molecule has 0 aromatic carbocycles. The van der Waals surface area contributed by atoms with Crippen molar-refractivity contribution in [2.75, 3.05) is 0 Å². The summed E-state index contributed by atoms with van der Waals surface area (Å²) in [5, 5.41) is 0. The van der Waals surface area contributed by atoms with Crippen LogP contribution in [0.15, 0.2) is 47.6 Å². The summed E-state index contributed by atoms with van der Waals surface area (Å²) >= 11 is 0. The smallest absolute Gasteiger partial charge is 0.00149 e. The van der Waals surface area contributed by atoms with Gasteiger partial charge in [-0.05, 0) is 54.7 Å². The van der Waals surface area contributed by atoms with Crippen molar-refractivity contribution < 1.29 is 0 Å². The van der Waals surface area contributed by atoms with Crippen LogP contribution < -0.4 is 0 Å². The fourth-order valence-electron chi connectivity index (χ4n) is 4.07. The van der Waals surface area contributed by atoms with Crippen LogP contribution in [0, 0.1) is 16.7 Å². The fraction of sp³-hybridized carbons (Fsp3) is 0.556. The van der Waals surface area contributed by atoms with E-state index in [0.29, 0.717) is 16.7 Å². The molecule has 0 bridgehead atoms. The Morgan fingerprint density at radius 2 is 2.00 bits per heavy atom. The Bertz CT molecular complexity index is 474. The molecule has 0 nitrogen and oxygen atoms in total. The molecule has 0 aromatic rings. The third-order valence-corrected chi connectivity index (χ3v) is 6.00. The van der Waals surface area contributed by atoms with Gasteiger partial charge in [-0.2, -0.15) is 0 Å². The van der Waals surface area contributed by atoms with Crippen LogP contribution in [0.25, 0.3) is 0 Å². The Hall–Kier alpha value is -1.04. The van der Waals surface area contributed by atoms with Crippen LogP contribution in [0.2, 0.25) is 0 Å². The van der Waals surface area contributed by atoms with E-state index in [4.69, 9.17) is 0 Å². The van der Waals surface area contributed by atoms with Gasteiger partial charge in [0.25, 0.3) is 0 Å². The largest absolute Gasteiger partial charge is 0.103 e. The third-order valence-electron chi connectivity index (χ3n) is 6.00. The summed E-state index contributed by atoms with van der Waals surface area (Å²) in [6, 6.07) is 0. The lowest BCUT2D eigenvalue weighted by atomic mass is 9.80. The quantitative estimate of drug-likeness (QED) is 0.575. The van der Waals surface area contributed by atoms with Crippen LogP contribution in [-0.2, 0) is 0 Å². The Morgan fingerprint density at radius 1 is 1.39 bits per heavy atom. The molecule has 1 saturated carbocycles. The topological polar surface area (TPSA) is 0 Å². The molecule has 0 spiro atoms. The Labute approximate surface area is 112 Å². The number of fused-ring (bicyclic) bond motifs is 1. The van der Waals surface area contributed by atoms with Crippen LogP contribution in [0.1, 0.15) is 47.5 Å². The minimum Gasteiger partial charge on any atom is -0.103 e. The van der Waals surface area contributed by atoms with Gasteiger partial charge in [0.15, 0.2) is 0 Å². The minimum atomic E-state index is 0.379. The summed E-state index contributed by atoms with van der Waals surface area (Å²) in [4.78, 5) is 0. The summed E-state index contributed by atoms with van der Waals surface area (Å²) in [6.07, 6.45) is 6.57. The second-order valence-electron chi connectivity index (χ2n) is 6.38. The number of allylic oxidation sites excluding steroid dienone is 6. The van der Waals surface area contributed by atoms with Gasteiger partial charge in [-0.25, -0.2) is 0 Å². The lowest BCUT2D eigenvalue weighted by Gasteiger charge is -2.25. The van der Waals surface area contributed by atoms with Gasteiger partial charge in [0, 0.05) is 5.41 Å². The molecule has 98 valence electrons. The molecule has 18 heavy (non-hydrogen) atoms. The van der Waals surface area contributed by atoms with Crippen molar-refractivity contribution in [3.05, 3.63) is 47.6 Å². The molecule has 3 atom stereocenters. The number of hydrogen-bond donors (Lipinski definition) is 0. The molecule has 0 N–H and O–H groups in total. The first-order valence-corrected chi connectivity index (χ1v) is 7.03. The van der Waals surface area contributed by atoms with Gasteiger partial charge in [0.05, 0.1) is 0 Å². The highest BCUT2D eigenvalue weighted by molar-refractivity contribution is 5.57. The molecule has 0 heteroatoms. The van der Waals surface area contributed by atoms with E-state index in [-0.39, 0.29) is 0 Å². The van der Waals surface area contributed by atoms with Gasteiger partial charge in [-0.15, -0.1) is 6.58 Å². The first kappa shape index (κ1) is 13.4. The van der Waals surface area contributed by atoms with Gasteiger partial charge in [-0.3, -0.25) is 0 Å². The van der Waals surface area contributed by atoms with Crippen molar-refractivity contribution >= 4 is 0 Å². The maximum atomic E-state index is 4.23. The number of rotatable bonds is 4. The standard InChI is InChI=1S/C18H26/c1-8-10-12(3)15-11-16-17(6,9-2)18(16,7)14(5)13(15)4/h8,11,16H,1,3,9-10H2,2,4-7H3/t16-,17?,18?/m1/s1. The van der Waals surface area contributed by atoms with Gasteiger partial charge in [0.2, 0.25) is 0 Å². The average Bonchev–Trinajstić information content (AvgIpc) is 2.83. The molecule has 0 amide bonds. The summed E-state index contributed by atoms with van der Waals surface area (Å²) in [7, 11) is 0. The van der Waals surface area contributed by atoms with Crippen LogP contribution in [-0.4, -0.2) is 0 Å². The highest BCUT2D eigenvalue weighted by Crippen LogP contribution is 2.76. The van der Waals surface area contributed by atoms with Crippen molar-refractivity contribution in [1.29, 1.82) is 0 Å². The average molecular weight is 242 g/mol. The van der Waals surface area contributed by atoms with Crippen LogP contribution >= 0.6 is 0 Å². The van der Waals surface area contributed by atoms with Crippen molar-refractivity contribution in [3.8, 4) is 0 Å². The molecule has 0 saturated heterocycles. The molecule has 0 aliphatic heterocycles. The van der Waals surface area contributed by atoms with E-state index in [1.807, 2.05) is 6.08 Å². The van der Waals surface area contributed by atoms with Gasteiger partial charge >= 0.3 is 0 Å². The van der Waals surface area contributed by atoms with Crippen LogP contribution in [0.3, 0.4) is 0 Å². The Balaban J connectivity index is 2.45. The molecule has 2 aliphatic rings. The van der Waals surface area contributed by atoms with Crippen LogP contribution in [0.5, 0.6) is 0 Å². The maximum absolute atomic E-state index is 4.23. The van der Waals surface area contributed by atoms with Gasteiger partial charge in [0.1, 0.15) is 0 Å². The highest BCUT2D eigenvalue weighted by Gasteiger charge is 2.70. The van der Waals surface area contributed by atoms with Crippen molar-refractivity contribution in [1.82, 2.24) is 0 Å². The minimum absolute atomic E-state index is 0.379.